The number of aromatic nitrogens is 2. The molecule has 2 N–H and O–H groups in total. The smallest absolute Gasteiger partial charge is 0.254 e. The SMILES string of the molecule is CSCC[C@@H](NC(=O)c1ccccc1F)c1nc2ccccc2[nH]1. The largest absolute Gasteiger partial charge is 0.342 e. The van der Waals surface area contributed by atoms with Gasteiger partial charge in [0.05, 0.1) is 22.6 Å². The summed E-state index contributed by atoms with van der Waals surface area (Å²) in [6.45, 7) is 0. The summed E-state index contributed by atoms with van der Waals surface area (Å²) in [6.07, 6.45) is 2.72. The van der Waals surface area contributed by atoms with Gasteiger partial charge in [0.1, 0.15) is 11.6 Å². The minimum atomic E-state index is -0.525. The van der Waals surface area contributed by atoms with E-state index in [1.807, 2.05) is 30.5 Å². The molecule has 0 fully saturated rings. The van der Waals surface area contributed by atoms with Crippen LogP contribution in [0.1, 0.15) is 28.6 Å². The van der Waals surface area contributed by atoms with E-state index in [1.54, 1.807) is 23.9 Å². The predicted octanol–water partition coefficient (Wildman–Crippen LogP) is 3.93. The quantitative estimate of drug-likeness (QED) is 0.713. The van der Waals surface area contributed by atoms with Gasteiger partial charge in [0, 0.05) is 0 Å². The van der Waals surface area contributed by atoms with Crippen LogP contribution in [0.25, 0.3) is 11.0 Å². The van der Waals surface area contributed by atoms with Crippen molar-refractivity contribution in [3.8, 4) is 0 Å². The maximum absolute atomic E-state index is 13.8. The highest BCUT2D eigenvalue weighted by Gasteiger charge is 2.20. The van der Waals surface area contributed by atoms with E-state index in [9.17, 15) is 9.18 Å². The first-order valence-electron chi connectivity index (χ1n) is 7.68. The van der Waals surface area contributed by atoms with Crippen molar-refractivity contribution >= 4 is 28.7 Å². The maximum Gasteiger partial charge on any atom is 0.254 e. The molecule has 1 amide bonds. The van der Waals surface area contributed by atoms with Crippen LogP contribution in [0.4, 0.5) is 4.39 Å². The van der Waals surface area contributed by atoms with Crippen LogP contribution in [-0.2, 0) is 0 Å². The highest BCUT2D eigenvalue weighted by atomic mass is 32.2. The second-order valence-electron chi connectivity index (χ2n) is 5.43. The topological polar surface area (TPSA) is 57.8 Å². The molecular formula is C18H18FN3OS. The first-order valence-corrected chi connectivity index (χ1v) is 9.07. The zero-order valence-corrected chi connectivity index (χ0v) is 14.1. The molecule has 0 saturated heterocycles. The number of amides is 1. The third-order valence-corrected chi connectivity index (χ3v) is 4.42. The molecule has 4 nitrogen and oxygen atoms in total. The van der Waals surface area contributed by atoms with Gasteiger partial charge < -0.3 is 10.3 Å². The Balaban J connectivity index is 1.86. The number of halogens is 1. The molecule has 1 aromatic heterocycles. The van der Waals surface area contributed by atoms with Crippen molar-refractivity contribution in [1.82, 2.24) is 15.3 Å². The highest BCUT2D eigenvalue weighted by molar-refractivity contribution is 7.98. The Morgan fingerprint density at radius 3 is 2.75 bits per heavy atom. The molecule has 1 heterocycles. The van der Waals surface area contributed by atoms with Crippen molar-refractivity contribution in [3.05, 3.63) is 65.7 Å². The summed E-state index contributed by atoms with van der Waals surface area (Å²) in [6, 6.07) is 13.4. The number of thioether (sulfide) groups is 1. The average Bonchev–Trinajstić information content (AvgIpc) is 3.02. The lowest BCUT2D eigenvalue weighted by Crippen LogP contribution is -2.30. The summed E-state index contributed by atoms with van der Waals surface area (Å²) in [5.41, 5.74) is 1.81. The number of benzene rings is 2. The van der Waals surface area contributed by atoms with Crippen molar-refractivity contribution in [1.29, 1.82) is 0 Å². The van der Waals surface area contributed by atoms with Crippen LogP contribution in [0.15, 0.2) is 48.5 Å². The van der Waals surface area contributed by atoms with E-state index in [0.29, 0.717) is 12.2 Å². The summed E-state index contributed by atoms with van der Waals surface area (Å²) in [7, 11) is 0. The van der Waals surface area contributed by atoms with Crippen LogP contribution in [0, 0.1) is 5.82 Å². The summed E-state index contributed by atoms with van der Waals surface area (Å²) < 4.78 is 13.8. The van der Waals surface area contributed by atoms with Crippen LogP contribution >= 0.6 is 11.8 Å². The normalized spacial score (nSPS) is 12.2. The number of carbonyl (C=O) groups excluding carboxylic acids is 1. The molecule has 24 heavy (non-hydrogen) atoms. The van der Waals surface area contributed by atoms with Gasteiger partial charge in [-0.1, -0.05) is 24.3 Å². The van der Waals surface area contributed by atoms with Gasteiger partial charge in [-0.05, 0) is 42.7 Å². The van der Waals surface area contributed by atoms with E-state index in [2.05, 4.69) is 15.3 Å². The fourth-order valence-corrected chi connectivity index (χ4v) is 3.00. The monoisotopic (exact) mass is 343 g/mol. The summed E-state index contributed by atoms with van der Waals surface area (Å²) >= 11 is 1.69. The minimum Gasteiger partial charge on any atom is -0.342 e. The van der Waals surface area contributed by atoms with E-state index in [-0.39, 0.29) is 11.6 Å². The molecule has 0 aliphatic rings. The number of H-pyrrole nitrogens is 1. The van der Waals surface area contributed by atoms with Crippen molar-refractivity contribution in [3.63, 3.8) is 0 Å². The van der Waals surface area contributed by atoms with Crippen LogP contribution in [-0.4, -0.2) is 27.9 Å². The zero-order valence-electron chi connectivity index (χ0n) is 13.3. The fraction of sp³-hybridized carbons (Fsp3) is 0.222. The minimum absolute atomic E-state index is 0.0442. The predicted molar refractivity (Wildman–Crippen MR) is 95.7 cm³/mol. The lowest BCUT2D eigenvalue weighted by molar-refractivity contribution is 0.0930. The Hall–Kier alpha value is -2.34. The Bertz CT molecular complexity index is 816. The fourth-order valence-electron chi connectivity index (χ4n) is 2.53. The maximum atomic E-state index is 13.8. The number of nitrogens with one attached hydrogen (secondary N) is 2. The van der Waals surface area contributed by atoms with Crippen molar-refractivity contribution in [2.45, 2.75) is 12.5 Å². The molecule has 0 spiro atoms. The number of fused-ring (bicyclic) bond motifs is 1. The number of imidazole rings is 1. The number of hydrogen-bond donors (Lipinski definition) is 2. The molecule has 3 aromatic rings. The third-order valence-electron chi connectivity index (χ3n) is 3.77. The number of aromatic amines is 1. The molecule has 0 saturated carbocycles. The van der Waals surface area contributed by atoms with E-state index in [1.165, 1.54) is 12.1 Å². The second kappa shape index (κ2) is 7.49. The Kier molecular flexibility index (Phi) is 5.15. The summed E-state index contributed by atoms with van der Waals surface area (Å²) in [4.78, 5) is 20.2. The van der Waals surface area contributed by atoms with Gasteiger partial charge >= 0.3 is 0 Å². The van der Waals surface area contributed by atoms with Gasteiger partial charge in [-0.25, -0.2) is 9.37 Å². The number of hydrogen-bond acceptors (Lipinski definition) is 3. The van der Waals surface area contributed by atoms with Gasteiger partial charge in [0.25, 0.3) is 5.91 Å². The van der Waals surface area contributed by atoms with Gasteiger partial charge in [-0.2, -0.15) is 11.8 Å². The molecule has 0 unspecified atom stereocenters. The Labute approximate surface area is 143 Å². The first kappa shape index (κ1) is 16.5. The van der Waals surface area contributed by atoms with Crippen LogP contribution < -0.4 is 5.32 Å². The second-order valence-corrected chi connectivity index (χ2v) is 6.41. The van der Waals surface area contributed by atoms with E-state index >= 15 is 0 Å². The Morgan fingerprint density at radius 1 is 1.25 bits per heavy atom. The molecule has 1 atom stereocenters. The molecule has 3 rings (SSSR count). The van der Waals surface area contributed by atoms with Gasteiger partial charge in [0.2, 0.25) is 0 Å². The molecule has 124 valence electrons. The summed E-state index contributed by atoms with van der Waals surface area (Å²) in [5.74, 6) is 0.594. The standard InChI is InChI=1S/C18H18FN3OS/c1-24-11-10-16(17-20-14-8-4-5-9-15(14)21-17)22-18(23)12-6-2-3-7-13(12)19/h2-9,16H,10-11H2,1H3,(H,20,21)(H,22,23)/t16-/m1/s1. The lowest BCUT2D eigenvalue weighted by atomic mass is 10.1. The molecule has 6 heteroatoms. The van der Waals surface area contributed by atoms with Crippen LogP contribution in [0.5, 0.6) is 0 Å². The molecule has 0 aliphatic heterocycles. The van der Waals surface area contributed by atoms with Crippen molar-refractivity contribution < 1.29 is 9.18 Å². The summed E-state index contributed by atoms with van der Waals surface area (Å²) in [5, 5.41) is 2.90. The number of nitrogens with zero attached hydrogens (tertiary/aromatic N) is 1. The molecule has 0 bridgehead atoms. The highest BCUT2D eigenvalue weighted by Crippen LogP contribution is 2.21. The van der Waals surface area contributed by atoms with Crippen molar-refractivity contribution in [2.24, 2.45) is 0 Å². The lowest BCUT2D eigenvalue weighted by Gasteiger charge is -2.16. The van der Waals surface area contributed by atoms with E-state index in [4.69, 9.17) is 0 Å². The zero-order chi connectivity index (χ0) is 16.9. The van der Waals surface area contributed by atoms with E-state index < -0.39 is 11.7 Å². The molecular weight excluding hydrogens is 325 g/mol. The number of para-hydroxylation sites is 2. The van der Waals surface area contributed by atoms with Crippen LogP contribution in [0.3, 0.4) is 0 Å². The van der Waals surface area contributed by atoms with Gasteiger partial charge in [-0.3, -0.25) is 4.79 Å². The third kappa shape index (κ3) is 3.59. The van der Waals surface area contributed by atoms with Gasteiger partial charge in [0.15, 0.2) is 0 Å². The molecule has 2 aromatic carbocycles. The Morgan fingerprint density at radius 2 is 2.00 bits per heavy atom. The number of carbonyl (C=O) groups is 1. The average molecular weight is 343 g/mol. The van der Waals surface area contributed by atoms with E-state index in [0.717, 1.165) is 16.8 Å². The molecule has 0 aliphatic carbocycles. The van der Waals surface area contributed by atoms with Gasteiger partial charge in [-0.15, -0.1) is 0 Å². The first-order chi connectivity index (χ1) is 11.7. The van der Waals surface area contributed by atoms with Crippen LogP contribution in [0.2, 0.25) is 0 Å². The van der Waals surface area contributed by atoms with Crippen molar-refractivity contribution in [2.75, 3.05) is 12.0 Å². The molecule has 0 radical (unpaired) electrons. The number of rotatable bonds is 6.